The highest BCUT2D eigenvalue weighted by atomic mass is 32.2. The van der Waals surface area contributed by atoms with E-state index < -0.39 is 0 Å². The number of rotatable bonds is 10. The van der Waals surface area contributed by atoms with Crippen molar-refractivity contribution in [2.75, 3.05) is 11.5 Å². The fraction of sp³-hybridized carbons (Fsp3) is 1.00. The van der Waals surface area contributed by atoms with Crippen molar-refractivity contribution in [2.45, 2.75) is 88.2 Å². The van der Waals surface area contributed by atoms with Crippen LogP contribution < -0.4 is 5.73 Å². The van der Waals surface area contributed by atoms with E-state index in [1.807, 2.05) is 0 Å². The van der Waals surface area contributed by atoms with Gasteiger partial charge >= 0.3 is 0 Å². The summed E-state index contributed by atoms with van der Waals surface area (Å²) in [4.78, 5) is 0. The molecule has 3 unspecified atom stereocenters. The molecule has 1 saturated heterocycles. The minimum atomic E-state index is 0.424. The van der Waals surface area contributed by atoms with Gasteiger partial charge in [0.2, 0.25) is 0 Å². The second-order valence-corrected chi connectivity index (χ2v) is 8.61. The van der Waals surface area contributed by atoms with Crippen LogP contribution in [0.25, 0.3) is 0 Å². The molecule has 0 radical (unpaired) electrons. The van der Waals surface area contributed by atoms with E-state index in [1.54, 1.807) is 0 Å². The first kappa shape index (κ1) is 17.7. The summed E-state index contributed by atoms with van der Waals surface area (Å²) in [5.74, 6) is 2.61. The molecule has 1 nitrogen and oxygen atoms in total. The third-order valence-corrected chi connectivity index (χ3v) is 7.32. The average Bonchev–Trinajstić information content (AvgIpc) is 2.42. The van der Waals surface area contributed by atoms with Gasteiger partial charge in [0.05, 0.1) is 0 Å². The highest BCUT2D eigenvalue weighted by molar-refractivity contribution is 8.07. The summed E-state index contributed by atoms with van der Waals surface area (Å²) in [5, 5.41) is 1.45. The third-order valence-electron chi connectivity index (χ3n) is 4.05. The molecule has 0 amide bonds. The SMILES string of the molecule is CCCCCCCCCCC(N)C1SCCSC1C. The monoisotopic (exact) mass is 303 g/mol. The standard InChI is InChI=1S/C16H33NS2/c1-3-4-5-6-7-8-9-10-11-15(17)16-14(2)18-12-13-19-16/h14-16H,3-13,17H2,1-2H3. The van der Waals surface area contributed by atoms with Crippen molar-refractivity contribution in [1.29, 1.82) is 0 Å². The van der Waals surface area contributed by atoms with Crippen LogP contribution in [0.15, 0.2) is 0 Å². The largest absolute Gasteiger partial charge is 0.327 e. The maximum absolute atomic E-state index is 6.39. The van der Waals surface area contributed by atoms with E-state index in [0.29, 0.717) is 11.3 Å². The first-order chi connectivity index (χ1) is 9.25. The lowest BCUT2D eigenvalue weighted by Crippen LogP contribution is -2.40. The van der Waals surface area contributed by atoms with Crippen LogP contribution in [0.1, 0.15) is 71.6 Å². The summed E-state index contributed by atoms with van der Waals surface area (Å²) < 4.78 is 0. The molecule has 3 heteroatoms. The first-order valence-corrected chi connectivity index (χ1v) is 10.3. The Bertz CT molecular complexity index is 211. The number of nitrogens with two attached hydrogens (primary N) is 1. The molecular formula is C16H33NS2. The van der Waals surface area contributed by atoms with Crippen molar-refractivity contribution in [2.24, 2.45) is 5.73 Å². The number of hydrogen-bond acceptors (Lipinski definition) is 3. The fourth-order valence-corrected chi connectivity index (χ4v) is 5.73. The Kier molecular flexibility index (Phi) is 10.6. The Morgan fingerprint density at radius 1 is 0.947 bits per heavy atom. The molecule has 3 atom stereocenters. The molecule has 0 saturated carbocycles. The van der Waals surface area contributed by atoms with Crippen LogP contribution in [-0.2, 0) is 0 Å². The van der Waals surface area contributed by atoms with Gasteiger partial charge in [-0.15, -0.1) is 0 Å². The van der Waals surface area contributed by atoms with Crippen LogP contribution >= 0.6 is 23.5 Å². The molecule has 0 spiro atoms. The van der Waals surface area contributed by atoms with Crippen molar-refractivity contribution in [3.8, 4) is 0 Å². The molecule has 0 aromatic carbocycles. The summed E-state index contributed by atoms with van der Waals surface area (Å²) in [6.07, 6.45) is 12.4. The van der Waals surface area contributed by atoms with Crippen LogP contribution in [-0.4, -0.2) is 28.0 Å². The quantitative estimate of drug-likeness (QED) is 0.570. The fourth-order valence-electron chi connectivity index (χ4n) is 2.80. The minimum Gasteiger partial charge on any atom is -0.327 e. The maximum atomic E-state index is 6.39. The zero-order valence-electron chi connectivity index (χ0n) is 12.9. The van der Waals surface area contributed by atoms with E-state index in [2.05, 4.69) is 37.4 Å². The van der Waals surface area contributed by atoms with Crippen molar-refractivity contribution < 1.29 is 0 Å². The predicted molar refractivity (Wildman–Crippen MR) is 93.4 cm³/mol. The van der Waals surface area contributed by atoms with Gasteiger partial charge in [0.1, 0.15) is 0 Å². The zero-order chi connectivity index (χ0) is 13.9. The zero-order valence-corrected chi connectivity index (χ0v) is 14.5. The van der Waals surface area contributed by atoms with Gasteiger partial charge in [-0.05, 0) is 6.42 Å². The van der Waals surface area contributed by atoms with E-state index in [-0.39, 0.29) is 0 Å². The van der Waals surface area contributed by atoms with Crippen molar-refractivity contribution in [3.63, 3.8) is 0 Å². The van der Waals surface area contributed by atoms with Gasteiger partial charge in [-0.25, -0.2) is 0 Å². The van der Waals surface area contributed by atoms with Crippen molar-refractivity contribution in [1.82, 2.24) is 0 Å². The molecule has 0 aliphatic carbocycles. The van der Waals surface area contributed by atoms with Gasteiger partial charge in [0.25, 0.3) is 0 Å². The molecule has 1 aliphatic rings. The number of thioether (sulfide) groups is 2. The van der Waals surface area contributed by atoms with Crippen LogP contribution in [0.4, 0.5) is 0 Å². The summed E-state index contributed by atoms with van der Waals surface area (Å²) >= 11 is 4.22. The van der Waals surface area contributed by atoms with Gasteiger partial charge in [-0.3, -0.25) is 0 Å². The summed E-state index contributed by atoms with van der Waals surface area (Å²) in [7, 11) is 0. The molecule has 0 aromatic rings. The topological polar surface area (TPSA) is 26.0 Å². The lowest BCUT2D eigenvalue weighted by atomic mass is 10.0. The van der Waals surface area contributed by atoms with E-state index in [1.165, 1.54) is 69.3 Å². The molecule has 1 aliphatic heterocycles. The Morgan fingerprint density at radius 3 is 2.16 bits per heavy atom. The molecule has 1 rings (SSSR count). The molecule has 114 valence electrons. The van der Waals surface area contributed by atoms with E-state index in [9.17, 15) is 0 Å². The normalized spacial score (nSPS) is 25.4. The molecule has 1 fully saturated rings. The summed E-state index contributed by atoms with van der Waals surface area (Å²) in [5.41, 5.74) is 6.39. The third kappa shape index (κ3) is 7.87. The number of unbranched alkanes of at least 4 members (excludes halogenated alkanes) is 7. The van der Waals surface area contributed by atoms with Crippen LogP contribution in [0.3, 0.4) is 0 Å². The van der Waals surface area contributed by atoms with Gasteiger partial charge in [-0.2, -0.15) is 23.5 Å². The Morgan fingerprint density at radius 2 is 1.53 bits per heavy atom. The second kappa shape index (κ2) is 11.3. The van der Waals surface area contributed by atoms with Gasteiger partial charge in [0.15, 0.2) is 0 Å². The lowest BCUT2D eigenvalue weighted by molar-refractivity contribution is 0.513. The molecular weight excluding hydrogens is 270 g/mol. The van der Waals surface area contributed by atoms with Crippen molar-refractivity contribution in [3.05, 3.63) is 0 Å². The summed E-state index contributed by atoms with van der Waals surface area (Å²) in [6.45, 7) is 4.64. The van der Waals surface area contributed by atoms with E-state index >= 15 is 0 Å². The lowest BCUT2D eigenvalue weighted by Gasteiger charge is -2.32. The van der Waals surface area contributed by atoms with E-state index in [4.69, 9.17) is 5.73 Å². The Balaban J connectivity index is 1.96. The smallest absolute Gasteiger partial charge is 0.0315 e. The van der Waals surface area contributed by atoms with Crippen LogP contribution in [0.5, 0.6) is 0 Å². The Hall–Kier alpha value is 0.660. The minimum absolute atomic E-state index is 0.424. The number of hydrogen-bond donors (Lipinski definition) is 1. The van der Waals surface area contributed by atoms with Crippen molar-refractivity contribution >= 4 is 23.5 Å². The molecule has 19 heavy (non-hydrogen) atoms. The van der Waals surface area contributed by atoms with Crippen LogP contribution in [0.2, 0.25) is 0 Å². The summed E-state index contributed by atoms with van der Waals surface area (Å²) in [6, 6.07) is 0.424. The maximum Gasteiger partial charge on any atom is 0.0315 e. The van der Waals surface area contributed by atoms with Gasteiger partial charge < -0.3 is 5.73 Å². The van der Waals surface area contributed by atoms with Gasteiger partial charge in [0, 0.05) is 28.0 Å². The average molecular weight is 304 g/mol. The first-order valence-electron chi connectivity index (χ1n) is 8.24. The highest BCUT2D eigenvalue weighted by Gasteiger charge is 2.27. The van der Waals surface area contributed by atoms with Crippen LogP contribution in [0, 0.1) is 0 Å². The molecule has 2 N–H and O–H groups in total. The van der Waals surface area contributed by atoms with Gasteiger partial charge in [-0.1, -0.05) is 65.2 Å². The van der Waals surface area contributed by atoms with E-state index in [0.717, 1.165) is 5.25 Å². The molecule has 0 bridgehead atoms. The molecule has 1 heterocycles. The highest BCUT2D eigenvalue weighted by Crippen LogP contribution is 2.33. The predicted octanol–water partition coefficient (Wildman–Crippen LogP) is 5.08. The molecule has 0 aromatic heterocycles. The second-order valence-electron chi connectivity index (χ2n) is 5.84. The Labute approximate surface area is 129 Å².